The molecule has 4 rings (SSSR count). The Bertz CT molecular complexity index is 425. The lowest BCUT2D eigenvalue weighted by Crippen LogP contribution is -2.72. The third-order valence-corrected chi connectivity index (χ3v) is 6.28. The van der Waals surface area contributed by atoms with Gasteiger partial charge in [-0.25, -0.2) is 0 Å². The van der Waals surface area contributed by atoms with Gasteiger partial charge in [-0.15, -0.1) is 0 Å². The van der Waals surface area contributed by atoms with E-state index in [1.165, 1.54) is 0 Å². The number of hydroxylamine groups is 3. The fraction of sp³-hybridized carbons (Fsp3) is 0.933. The van der Waals surface area contributed by atoms with Crippen LogP contribution in [0.25, 0.3) is 0 Å². The predicted octanol–water partition coefficient (Wildman–Crippen LogP) is 0.855. The summed E-state index contributed by atoms with van der Waals surface area (Å²) in [5, 5.41) is 23.0. The van der Waals surface area contributed by atoms with E-state index >= 15 is 0 Å². The maximum absolute atomic E-state index is 13.1. The second kappa shape index (κ2) is 4.42. The summed E-state index contributed by atoms with van der Waals surface area (Å²) in [5.74, 6) is 0.647. The zero-order valence-corrected chi connectivity index (χ0v) is 11.9. The summed E-state index contributed by atoms with van der Waals surface area (Å²) in [4.78, 5) is 14.2. The lowest BCUT2D eigenvalue weighted by molar-refractivity contribution is -0.925. The second-order valence-corrected chi connectivity index (χ2v) is 7.25. The van der Waals surface area contributed by atoms with Crippen molar-refractivity contribution in [3.8, 4) is 0 Å². The summed E-state index contributed by atoms with van der Waals surface area (Å²) in [7, 11) is 0. The topological polar surface area (TPSA) is 63.6 Å². The number of aliphatic hydroxyl groups is 1. The standard InChI is InChI=1S/C15H24N2O3/c18-13-6-5-12-11-4-2-8-17(20)7-1-3-10(14(11)17)9-16(12)15(13)19/h10-14,18H,1-9H2/t10-,11+,12+,13-,14-,17-/m0/s1. The molecule has 4 aliphatic heterocycles. The number of carbonyl (C=O) groups excluding carboxylic acids is 1. The van der Waals surface area contributed by atoms with Gasteiger partial charge >= 0.3 is 0 Å². The summed E-state index contributed by atoms with van der Waals surface area (Å²) in [6.07, 6.45) is 4.81. The summed E-state index contributed by atoms with van der Waals surface area (Å²) < 4.78 is 0.0103. The maximum Gasteiger partial charge on any atom is 0.251 e. The normalized spacial score (nSPS) is 51.4. The van der Waals surface area contributed by atoms with Crippen LogP contribution in [-0.4, -0.2) is 58.4 Å². The van der Waals surface area contributed by atoms with Gasteiger partial charge in [-0.05, 0) is 38.5 Å². The van der Waals surface area contributed by atoms with E-state index in [2.05, 4.69) is 0 Å². The highest BCUT2D eigenvalue weighted by molar-refractivity contribution is 5.82. The molecular weight excluding hydrogens is 256 g/mol. The van der Waals surface area contributed by atoms with Gasteiger partial charge in [-0.2, -0.15) is 0 Å². The smallest absolute Gasteiger partial charge is 0.251 e. The molecule has 0 aromatic heterocycles. The third-order valence-electron chi connectivity index (χ3n) is 6.28. The number of hydrogen-bond donors (Lipinski definition) is 1. The molecular formula is C15H24N2O3. The number of nitrogens with zero attached hydrogens (tertiary/aromatic N) is 2. The lowest BCUT2D eigenvalue weighted by Gasteiger charge is -2.64. The lowest BCUT2D eigenvalue weighted by atomic mass is 9.67. The Morgan fingerprint density at radius 1 is 1.15 bits per heavy atom. The Morgan fingerprint density at radius 2 is 1.90 bits per heavy atom. The summed E-state index contributed by atoms with van der Waals surface area (Å²) in [5.41, 5.74) is 0. The van der Waals surface area contributed by atoms with Gasteiger partial charge in [0.2, 0.25) is 0 Å². The van der Waals surface area contributed by atoms with Crippen molar-refractivity contribution in [1.82, 2.24) is 4.90 Å². The molecule has 4 saturated heterocycles. The molecule has 4 heterocycles. The minimum absolute atomic E-state index is 0.0103. The van der Waals surface area contributed by atoms with E-state index < -0.39 is 6.10 Å². The number of piperidine rings is 4. The summed E-state index contributed by atoms with van der Waals surface area (Å²) >= 11 is 0. The Kier molecular flexibility index (Phi) is 2.88. The highest BCUT2D eigenvalue weighted by Crippen LogP contribution is 2.47. The van der Waals surface area contributed by atoms with Crippen molar-refractivity contribution in [3.63, 3.8) is 0 Å². The Morgan fingerprint density at radius 3 is 2.70 bits per heavy atom. The summed E-state index contributed by atoms with van der Waals surface area (Å²) in [6, 6.07) is 0.443. The van der Waals surface area contributed by atoms with E-state index in [1.807, 2.05) is 4.90 Å². The van der Waals surface area contributed by atoms with E-state index in [0.717, 1.165) is 45.2 Å². The SMILES string of the molecule is O=C1[C@@H](O)CC[C@@H]2[C@H]3CCC[N@@+]4([O-])CCC[C@@H](CN12)[C@@H]34. The number of hydrogen-bond acceptors (Lipinski definition) is 3. The van der Waals surface area contributed by atoms with Crippen molar-refractivity contribution < 1.29 is 14.5 Å². The molecule has 5 nitrogen and oxygen atoms in total. The molecule has 5 heteroatoms. The Labute approximate surface area is 119 Å². The van der Waals surface area contributed by atoms with Crippen molar-refractivity contribution >= 4 is 5.91 Å². The highest BCUT2D eigenvalue weighted by Gasteiger charge is 2.56. The van der Waals surface area contributed by atoms with Gasteiger partial charge in [0.15, 0.2) is 0 Å². The Balaban J connectivity index is 1.68. The van der Waals surface area contributed by atoms with E-state index in [1.54, 1.807) is 0 Å². The van der Waals surface area contributed by atoms with Crippen LogP contribution in [0.5, 0.6) is 0 Å². The van der Waals surface area contributed by atoms with Crippen molar-refractivity contribution in [1.29, 1.82) is 0 Å². The molecule has 0 aromatic rings. The first-order valence-corrected chi connectivity index (χ1v) is 8.16. The molecule has 0 spiro atoms. The van der Waals surface area contributed by atoms with E-state index in [9.17, 15) is 15.1 Å². The zero-order chi connectivity index (χ0) is 13.9. The summed E-state index contributed by atoms with van der Waals surface area (Å²) in [6.45, 7) is 2.27. The number of rotatable bonds is 0. The van der Waals surface area contributed by atoms with Crippen molar-refractivity contribution in [2.75, 3.05) is 19.6 Å². The fourth-order valence-corrected chi connectivity index (χ4v) is 5.56. The Hall–Kier alpha value is -0.650. The van der Waals surface area contributed by atoms with Crippen molar-refractivity contribution in [2.24, 2.45) is 11.8 Å². The third kappa shape index (κ3) is 1.69. The number of aliphatic hydroxyl groups excluding tert-OH is 1. The molecule has 6 atom stereocenters. The highest BCUT2D eigenvalue weighted by atomic mass is 16.5. The van der Waals surface area contributed by atoms with Crippen LogP contribution in [0.2, 0.25) is 0 Å². The van der Waals surface area contributed by atoms with E-state index in [4.69, 9.17) is 0 Å². The quantitative estimate of drug-likeness (QED) is 0.528. The number of fused-ring (bicyclic) bond motifs is 2. The van der Waals surface area contributed by atoms with Crippen LogP contribution in [0.4, 0.5) is 0 Å². The molecule has 112 valence electrons. The molecule has 0 radical (unpaired) electrons. The van der Waals surface area contributed by atoms with E-state index in [-0.39, 0.29) is 22.6 Å². The first kappa shape index (κ1) is 13.0. The molecule has 0 aromatic carbocycles. The van der Waals surface area contributed by atoms with Crippen LogP contribution in [0.1, 0.15) is 38.5 Å². The molecule has 4 fully saturated rings. The van der Waals surface area contributed by atoms with Crippen molar-refractivity contribution in [2.45, 2.75) is 56.7 Å². The van der Waals surface area contributed by atoms with Crippen molar-refractivity contribution in [3.05, 3.63) is 5.21 Å². The molecule has 0 bridgehead atoms. The average Bonchev–Trinajstić information content (AvgIpc) is 2.43. The van der Waals surface area contributed by atoms with Crippen LogP contribution in [0.15, 0.2) is 0 Å². The molecule has 4 aliphatic rings. The molecule has 0 unspecified atom stereocenters. The molecule has 20 heavy (non-hydrogen) atoms. The van der Waals surface area contributed by atoms with Gasteiger partial charge in [0.25, 0.3) is 5.91 Å². The first-order valence-electron chi connectivity index (χ1n) is 8.16. The number of amides is 1. The van der Waals surface area contributed by atoms with Gasteiger partial charge in [-0.1, -0.05) is 0 Å². The average molecular weight is 280 g/mol. The van der Waals surface area contributed by atoms with Gasteiger partial charge in [0, 0.05) is 24.4 Å². The zero-order valence-electron chi connectivity index (χ0n) is 11.9. The van der Waals surface area contributed by atoms with Crippen LogP contribution in [0.3, 0.4) is 0 Å². The number of quaternary nitrogens is 1. The first-order chi connectivity index (χ1) is 9.60. The van der Waals surface area contributed by atoms with Gasteiger partial charge < -0.3 is 19.9 Å². The second-order valence-electron chi connectivity index (χ2n) is 7.25. The molecule has 0 aliphatic carbocycles. The largest absolute Gasteiger partial charge is 0.633 e. The monoisotopic (exact) mass is 280 g/mol. The molecule has 1 N–H and O–H groups in total. The minimum atomic E-state index is -0.804. The van der Waals surface area contributed by atoms with Crippen LogP contribution >= 0.6 is 0 Å². The van der Waals surface area contributed by atoms with Gasteiger partial charge in [0.05, 0.1) is 19.1 Å². The molecule has 1 amide bonds. The molecule has 0 saturated carbocycles. The van der Waals surface area contributed by atoms with Gasteiger partial charge in [-0.3, -0.25) is 4.79 Å². The minimum Gasteiger partial charge on any atom is -0.633 e. The fourth-order valence-electron chi connectivity index (χ4n) is 5.56. The predicted molar refractivity (Wildman–Crippen MR) is 73.3 cm³/mol. The van der Waals surface area contributed by atoms with Crippen LogP contribution in [0, 0.1) is 17.0 Å². The maximum atomic E-state index is 13.1. The van der Waals surface area contributed by atoms with Crippen LogP contribution in [-0.2, 0) is 4.79 Å². The van der Waals surface area contributed by atoms with Gasteiger partial charge in [0.1, 0.15) is 6.10 Å². The van der Waals surface area contributed by atoms with Crippen LogP contribution < -0.4 is 0 Å². The van der Waals surface area contributed by atoms with E-state index in [0.29, 0.717) is 24.8 Å². The number of carbonyl (C=O) groups is 1.